The van der Waals surface area contributed by atoms with E-state index in [1.165, 1.54) is 4.70 Å². The Hall–Kier alpha value is -4.28. The largest absolute Gasteiger partial charge is 0.505 e. The molecule has 0 amide bonds. The van der Waals surface area contributed by atoms with Crippen molar-refractivity contribution in [3.63, 3.8) is 0 Å². The van der Waals surface area contributed by atoms with E-state index in [4.69, 9.17) is 4.98 Å². The third-order valence-electron chi connectivity index (χ3n) is 6.42. The van der Waals surface area contributed by atoms with Crippen LogP contribution in [0.15, 0.2) is 103 Å². The minimum absolute atomic E-state index is 0.209. The molecule has 0 saturated carbocycles. The fraction of sp³-hybridized carbons (Fsp3) is 0. The zero-order valence-corrected chi connectivity index (χ0v) is 18.9. The van der Waals surface area contributed by atoms with Crippen LogP contribution in [-0.4, -0.2) is 15.1 Å². The Balaban J connectivity index is 1.57. The summed E-state index contributed by atoms with van der Waals surface area (Å²) in [4.78, 5) is 9.33. The van der Waals surface area contributed by atoms with Gasteiger partial charge in [0.2, 0.25) is 0 Å². The van der Waals surface area contributed by atoms with Crippen molar-refractivity contribution < 1.29 is 5.11 Å². The van der Waals surface area contributed by atoms with Crippen molar-refractivity contribution in [3.8, 4) is 27.4 Å². The third kappa shape index (κ3) is 2.89. The van der Waals surface area contributed by atoms with E-state index in [-0.39, 0.29) is 5.75 Å². The molecule has 7 aromatic rings. The van der Waals surface area contributed by atoms with E-state index in [1.807, 2.05) is 42.5 Å². The van der Waals surface area contributed by atoms with Gasteiger partial charge in [-0.25, -0.2) is 4.98 Å². The summed E-state index contributed by atoms with van der Waals surface area (Å²) in [6.45, 7) is 0. The van der Waals surface area contributed by atoms with E-state index >= 15 is 0 Å². The smallest absolute Gasteiger partial charge is 0.149 e. The Bertz CT molecular complexity index is 1850. The Morgan fingerprint density at radius 2 is 1.47 bits per heavy atom. The second kappa shape index (κ2) is 7.37. The molecule has 5 aromatic carbocycles. The van der Waals surface area contributed by atoms with Crippen LogP contribution in [0.3, 0.4) is 0 Å². The van der Waals surface area contributed by atoms with E-state index in [0.717, 1.165) is 54.1 Å². The number of phenolic OH excluding ortho intramolecular Hbond substituents is 1. The lowest BCUT2D eigenvalue weighted by Gasteiger charge is -2.15. The molecule has 0 spiro atoms. The molecular weight excluding hydrogens is 436 g/mol. The van der Waals surface area contributed by atoms with E-state index in [9.17, 15) is 5.11 Å². The van der Waals surface area contributed by atoms with Gasteiger partial charge < -0.3 is 5.11 Å². The van der Waals surface area contributed by atoms with Gasteiger partial charge >= 0.3 is 0 Å². The third-order valence-corrected chi connectivity index (χ3v) is 7.51. The number of rotatable bonds is 2. The quantitative estimate of drug-likeness (QED) is 0.268. The second-order valence-electron chi connectivity index (χ2n) is 8.43. The van der Waals surface area contributed by atoms with Gasteiger partial charge in [-0.2, -0.15) is 0 Å². The van der Waals surface area contributed by atoms with Gasteiger partial charge in [-0.15, -0.1) is 11.3 Å². The first-order valence-corrected chi connectivity index (χ1v) is 12.0. The van der Waals surface area contributed by atoms with Crippen LogP contribution in [0.5, 0.6) is 5.75 Å². The molecule has 1 N–H and O–H groups in total. The number of phenols is 1. The zero-order valence-electron chi connectivity index (χ0n) is 18.1. The van der Waals surface area contributed by atoms with Crippen LogP contribution in [0.2, 0.25) is 0 Å². The number of aromatic nitrogens is 2. The Kier molecular flexibility index (Phi) is 4.16. The molecule has 0 atom stereocenters. The normalized spacial score (nSPS) is 11.6. The fourth-order valence-electron chi connectivity index (χ4n) is 4.81. The average Bonchev–Trinajstić information content (AvgIpc) is 3.32. The molecule has 7 rings (SSSR count). The van der Waals surface area contributed by atoms with Gasteiger partial charge in [0, 0.05) is 28.3 Å². The van der Waals surface area contributed by atoms with Crippen LogP contribution in [0.25, 0.3) is 64.4 Å². The SMILES string of the molecule is Oc1c(-c2c3ccccc3cc3ccc(-c4nc5ccccc5s4)cc23)ccc2cccnc12. The summed E-state index contributed by atoms with van der Waals surface area (Å²) in [6.07, 6.45) is 1.72. The van der Waals surface area contributed by atoms with Gasteiger partial charge in [0.25, 0.3) is 0 Å². The summed E-state index contributed by atoms with van der Waals surface area (Å²) in [7, 11) is 0. The highest BCUT2D eigenvalue weighted by molar-refractivity contribution is 7.21. The summed E-state index contributed by atoms with van der Waals surface area (Å²) < 4.78 is 1.18. The maximum atomic E-state index is 11.3. The summed E-state index contributed by atoms with van der Waals surface area (Å²) in [5.41, 5.74) is 4.50. The first kappa shape index (κ1) is 19.2. The second-order valence-corrected chi connectivity index (χ2v) is 9.46. The molecule has 0 unspecified atom stereocenters. The number of fused-ring (bicyclic) bond motifs is 4. The summed E-state index contributed by atoms with van der Waals surface area (Å²) in [5.74, 6) is 0.209. The van der Waals surface area contributed by atoms with Crippen molar-refractivity contribution >= 4 is 54.0 Å². The van der Waals surface area contributed by atoms with E-state index in [1.54, 1.807) is 17.5 Å². The number of nitrogens with zero attached hydrogens (tertiary/aromatic N) is 2. The lowest BCUT2D eigenvalue weighted by molar-refractivity contribution is 0.482. The van der Waals surface area contributed by atoms with Crippen LogP contribution in [-0.2, 0) is 0 Å². The van der Waals surface area contributed by atoms with Crippen molar-refractivity contribution in [3.05, 3.63) is 103 Å². The lowest BCUT2D eigenvalue weighted by atomic mass is 9.90. The van der Waals surface area contributed by atoms with Crippen LogP contribution >= 0.6 is 11.3 Å². The Labute approximate surface area is 199 Å². The van der Waals surface area contributed by atoms with Crippen molar-refractivity contribution in [2.75, 3.05) is 0 Å². The van der Waals surface area contributed by atoms with Gasteiger partial charge in [0.05, 0.1) is 10.2 Å². The molecule has 2 heterocycles. The monoisotopic (exact) mass is 454 g/mol. The molecule has 0 bridgehead atoms. The summed E-state index contributed by atoms with van der Waals surface area (Å²) >= 11 is 1.70. The molecule has 34 heavy (non-hydrogen) atoms. The van der Waals surface area contributed by atoms with Crippen LogP contribution < -0.4 is 0 Å². The molecule has 0 saturated heterocycles. The number of benzene rings is 5. The molecule has 0 radical (unpaired) electrons. The van der Waals surface area contributed by atoms with E-state index in [0.29, 0.717) is 5.52 Å². The summed E-state index contributed by atoms with van der Waals surface area (Å²) in [6, 6.07) is 33.2. The molecule has 0 aliphatic heterocycles. The number of hydrogen-bond donors (Lipinski definition) is 1. The maximum Gasteiger partial charge on any atom is 0.149 e. The van der Waals surface area contributed by atoms with Crippen molar-refractivity contribution in [1.29, 1.82) is 0 Å². The maximum absolute atomic E-state index is 11.3. The predicted molar refractivity (Wildman–Crippen MR) is 142 cm³/mol. The number of thiazole rings is 1. The van der Waals surface area contributed by atoms with E-state index in [2.05, 4.69) is 59.6 Å². The van der Waals surface area contributed by atoms with Crippen molar-refractivity contribution in [2.45, 2.75) is 0 Å². The standard InChI is InChI=1S/C30H18N2OS/c33-29-23(14-13-18-7-5-15-31-28(18)29)27-22-8-2-1-6-19(22)16-20-11-12-21(17-24(20)27)30-32-25-9-3-4-10-26(25)34-30/h1-17,33H. The zero-order chi connectivity index (χ0) is 22.6. The summed E-state index contributed by atoms with van der Waals surface area (Å²) in [5, 5.41) is 17.7. The van der Waals surface area contributed by atoms with Gasteiger partial charge in [-0.1, -0.05) is 60.7 Å². The topological polar surface area (TPSA) is 46.0 Å². The van der Waals surface area contributed by atoms with Crippen LogP contribution in [0.1, 0.15) is 0 Å². The molecule has 2 aromatic heterocycles. The minimum atomic E-state index is 0.209. The molecule has 160 valence electrons. The minimum Gasteiger partial charge on any atom is -0.505 e. The van der Waals surface area contributed by atoms with Gasteiger partial charge in [-0.3, -0.25) is 4.98 Å². The Morgan fingerprint density at radius 1 is 0.676 bits per heavy atom. The van der Waals surface area contributed by atoms with Crippen LogP contribution in [0.4, 0.5) is 0 Å². The molecule has 4 heteroatoms. The van der Waals surface area contributed by atoms with Gasteiger partial charge in [-0.05, 0) is 57.9 Å². The molecule has 0 aliphatic rings. The fourth-order valence-corrected chi connectivity index (χ4v) is 5.77. The average molecular weight is 455 g/mol. The number of hydrogen-bond acceptors (Lipinski definition) is 4. The molecule has 3 nitrogen and oxygen atoms in total. The number of aromatic hydroxyl groups is 1. The van der Waals surface area contributed by atoms with Crippen molar-refractivity contribution in [1.82, 2.24) is 9.97 Å². The highest BCUT2D eigenvalue weighted by Gasteiger charge is 2.17. The van der Waals surface area contributed by atoms with Crippen molar-refractivity contribution in [2.24, 2.45) is 0 Å². The Morgan fingerprint density at radius 3 is 2.41 bits per heavy atom. The first-order chi connectivity index (χ1) is 16.8. The van der Waals surface area contributed by atoms with Gasteiger partial charge in [0.15, 0.2) is 0 Å². The predicted octanol–water partition coefficient (Wildman–Crippen LogP) is 8.19. The molecule has 0 aliphatic carbocycles. The van der Waals surface area contributed by atoms with Gasteiger partial charge in [0.1, 0.15) is 16.3 Å². The molecular formula is C30H18N2OS. The number of para-hydroxylation sites is 1. The highest BCUT2D eigenvalue weighted by atomic mass is 32.1. The van der Waals surface area contributed by atoms with Crippen LogP contribution in [0, 0.1) is 0 Å². The lowest BCUT2D eigenvalue weighted by Crippen LogP contribution is -1.89. The number of pyridine rings is 1. The van der Waals surface area contributed by atoms with E-state index < -0.39 is 0 Å². The first-order valence-electron chi connectivity index (χ1n) is 11.1. The molecule has 0 fully saturated rings. The highest BCUT2D eigenvalue weighted by Crippen LogP contribution is 2.44.